The van der Waals surface area contributed by atoms with Crippen molar-refractivity contribution >= 4 is 28.4 Å². The number of carbonyl (C=O) groups is 1. The third-order valence-electron chi connectivity index (χ3n) is 5.17. The van der Waals surface area contributed by atoms with E-state index in [-0.39, 0.29) is 12.5 Å². The fraction of sp³-hybridized carbons (Fsp3) is 0.350. The van der Waals surface area contributed by atoms with E-state index in [1.807, 2.05) is 4.90 Å². The Kier molecular flexibility index (Phi) is 6.12. The summed E-state index contributed by atoms with van der Waals surface area (Å²) in [6.07, 6.45) is -0.575. The van der Waals surface area contributed by atoms with Crippen LogP contribution in [0.4, 0.5) is 13.2 Å². The molecule has 1 amide bonds. The predicted octanol–water partition coefficient (Wildman–Crippen LogP) is 3.43. The molecule has 0 bridgehead atoms. The van der Waals surface area contributed by atoms with E-state index in [0.29, 0.717) is 42.5 Å². The second-order valence-corrected chi connectivity index (χ2v) is 7.46. The first-order valence-electron chi connectivity index (χ1n) is 9.59. The lowest BCUT2D eigenvalue weighted by molar-refractivity contribution is -0.145. The van der Waals surface area contributed by atoms with Gasteiger partial charge in [-0.05, 0) is 18.2 Å². The number of H-pyrrole nitrogens is 1. The van der Waals surface area contributed by atoms with Crippen molar-refractivity contribution in [1.29, 1.82) is 0 Å². The second kappa shape index (κ2) is 8.81. The third-order valence-corrected chi connectivity index (χ3v) is 5.57. The molecular weight excluding hydrogens is 435 g/mol. The molecule has 1 aliphatic heterocycles. The van der Waals surface area contributed by atoms with E-state index < -0.39 is 18.0 Å². The second-order valence-electron chi connectivity index (χ2n) is 7.08. The summed E-state index contributed by atoms with van der Waals surface area (Å²) in [5.74, 6) is -1.58. The zero-order valence-corrected chi connectivity index (χ0v) is 17.0. The van der Waals surface area contributed by atoms with Crippen molar-refractivity contribution in [2.24, 2.45) is 0 Å². The Morgan fingerprint density at radius 3 is 2.61 bits per heavy atom. The van der Waals surface area contributed by atoms with Crippen LogP contribution < -0.4 is 5.32 Å². The van der Waals surface area contributed by atoms with Gasteiger partial charge in [-0.15, -0.1) is 0 Å². The molecule has 0 saturated carbocycles. The summed E-state index contributed by atoms with van der Waals surface area (Å²) in [5.41, 5.74) is 1.61. The summed E-state index contributed by atoms with van der Waals surface area (Å²) in [6.45, 7) is 2.26. The van der Waals surface area contributed by atoms with Crippen molar-refractivity contribution in [2.75, 3.05) is 32.8 Å². The summed E-state index contributed by atoms with van der Waals surface area (Å²) in [4.78, 5) is 24.8. The van der Waals surface area contributed by atoms with Crippen LogP contribution in [0, 0.1) is 0 Å². The molecule has 4 rings (SSSR count). The molecule has 0 aliphatic carbocycles. The van der Waals surface area contributed by atoms with Gasteiger partial charge in [0, 0.05) is 54.7 Å². The molecule has 2 N–H and O–H groups in total. The Labute approximate surface area is 180 Å². The van der Waals surface area contributed by atoms with Gasteiger partial charge in [-0.25, -0.2) is 9.97 Å². The minimum Gasteiger partial charge on any atom is -0.379 e. The van der Waals surface area contributed by atoms with Crippen LogP contribution in [0.1, 0.15) is 27.8 Å². The molecule has 2 aromatic heterocycles. The van der Waals surface area contributed by atoms with Gasteiger partial charge in [-0.2, -0.15) is 13.2 Å². The average Bonchev–Trinajstić information content (AvgIpc) is 3.24. The minimum atomic E-state index is -4.62. The van der Waals surface area contributed by atoms with Crippen molar-refractivity contribution < 1.29 is 22.7 Å². The number of ether oxygens (including phenoxy) is 1. The molecular formula is C20H19ClF3N5O2. The van der Waals surface area contributed by atoms with Crippen LogP contribution >= 0.6 is 11.6 Å². The molecule has 3 aromatic rings. The van der Waals surface area contributed by atoms with Gasteiger partial charge in [0.2, 0.25) is 5.82 Å². The molecule has 0 unspecified atom stereocenters. The van der Waals surface area contributed by atoms with Crippen molar-refractivity contribution in [3.05, 3.63) is 58.8 Å². The number of aromatic nitrogens is 3. The first-order valence-corrected chi connectivity index (χ1v) is 9.97. The van der Waals surface area contributed by atoms with Crippen LogP contribution in [0.2, 0.25) is 5.02 Å². The molecule has 11 heteroatoms. The number of aromatic amines is 1. The Bertz CT molecular complexity index is 1060. The highest BCUT2D eigenvalue weighted by Gasteiger charge is 2.35. The standard InChI is InChI=1S/C20H19ClF3N5O2/c21-17-13-3-4-25-15(13)2-1-14(17)18(30)26-11-16(29-5-7-31-8-6-29)12-9-27-19(28-10-12)20(22,23)24/h1-4,9-10,16,25H,5-8,11H2,(H,26,30)/t16-/m1/s1. The number of nitrogens with one attached hydrogen (secondary N) is 2. The largest absolute Gasteiger partial charge is 0.451 e. The molecule has 3 heterocycles. The minimum absolute atomic E-state index is 0.148. The smallest absolute Gasteiger partial charge is 0.379 e. The average molecular weight is 454 g/mol. The van der Waals surface area contributed by atoms with Crippen LogP contribution in [0.25, 0.3) is 10.9 Å². The monoisotopic (exact) mass is 453 g/mol. The van der Waals surface area contributed by atoms with Gasteiger partial charge >= 0.3 is 6.18 Å². The van der Waals surface area contributed by atoms with Crippen LogP contribution in [0.3, 0.4) is 0 Å². The molecule has 164 valence electrons. The highest BCUT2D eigenvalue weighted by molar-refractivity contribution is 6.38. The summed E-state index contributed by atoms with van der Waals surface area (Å²) in [6, 6.07) is 4.76. The topological polar surface area (TPSA) is 83.1 Å². The molecule has 1 aliphatic rings. The van der Waals surface area contributed by atoms with Gasteiger partial charge in [-0.1, -0.05) is 11.6 Å². The van der Waals surface area contributed by atoms with Crippen LogP contribution in [-0.4, -0.2) is 58.6 Å². The van der Waals surface area contributed by atoms with Crippen molar-refractivity contribution in [3.63, 3.8) is 0 Å². The molecule has 31 heavy (non-hydrogen) atoms. The zero-order chi connectivity index (χ0) is 22.0. The van der Waals surface area contributed by atoms with E-state index in [0.717, 1.165) is 23.3 Å². The number of fused-ring (bicyclic) bond motifs is 1. The van der Waals surface area contributed by atoms with E-state index in [2.05, 4.69) is 20.3 Å². The maximum atomic E-state index is 12.8. The van der Waals surface area contributed by atoms with E-state index in [4.69, 9.17) is 16.3 Å². The van der Waals surface area contributed by atoms with E-state index in [9.17, 15) is 18.0 Å². The third kappa shape index (κ3) is 4.65. The van der Waals surface area contributed by atoms with E-state index >= 15 is 0 Å². The number of hydrogen-bond acceptors (Lipinski definition) is 5. The Hall–Kier alpha value is -2.69. The fourth-order valence-corrected chi connectivity index (χ4v) is 3.87. The maximum Gasteiger partial charge on any atom is 0.451 e. The normalized spacial score (nSPS) is 16.4. The Balaban J connectivity index is 1.54. The number of halogens is 4. The van der Waals surface area contributed by atoms with Gasteiger partial charge in [0.25, 0.3) is 5.91 Å². The lowest BCUT2D eigenvalue weighted by Gasteiger charge is -2.34. The fourth-order valence-electron chi connectivity index (χ4n) is 3.56. The summed E-state index contributed by atoms with van der Waals surface area (Å²) in [5, 5.41) is 3.91. The van der Waals surface area contributed by atoms with E-state index in [1.165, 1.54) is 0 Å². The molecule has 0 radical (unpaired) electrons. The van der Waals surface area contributed by atoms with E-state index in [1.54, 1.807) is 24.4 Å². The highest BCUT2D eigenvalue weighted by Crippen LogP contribution is 2.28. The Morgan fingerprint density at radius 2 is 1.94 bits per heavy atom. The summed E-state index contributed by atoms with van der Waals surface area (Å²) >= 11 is 6.38. The molecule has 1 atom stereocenters. The first kappa shape index (κ1) is 21.5. The molecule has 1 fully saturated rings. The summed E-state index contributed by atoms with van der Waals surface area (Å²) in [7, 11) is 0. The molecule has 1 saturated heterocycles. The number of alkyl halides is 3. The van der Waals surface area contributed by atoms with Crippen LogP contribution in [0.15, 0.2) is 36.8 Å². The molecule has 1 aromatic carbocycles. The maximum absolute atomic E-state index is 12.8. The number of hydrogen-bond donors (Lipinski definition) is 2. The molecule has 0 spiro atoms. The van der Waals surface area contributed by atoms with Gasteiger partial charge in [0.1, 0.15) is 0 Å². The first-order chi connectivity index (χ1) is 14.8. The Morgan fingerprint density at radius 1 is 1.23 bits per heavy atom. The number of carbonyl (C=O) groups excluding carboxylic acids is 1. The lowest BCUT2D eigenvalue weighted by Crippen LogP contribution is -2.44. The van der Waals surface area contributed by atoms with Crippen molar-refractivity contribution in [3.8, 4) is 0 Å². The number of nitrogens with zero attached hydrogens (tertiary/aromatic N) is 3. The number of benzene rings is 1. The number of amides is 1. The van der Waals surface area contributed by atoms with Gasteiger partial charge in [0.15, 0.2) is 0 Å². The van der Waals surface area contributed by atoms with Crippen molar-refractivity contribution in [1.82, 2.24) is 25.2 Å². The molecule has 7 nitrogen and oxygen atoms in total. The lowest BCUT2D eigenvalue weighted by atomic mass is 10.1. The van der Waals surface area contributed by atoms with Crippen LogP contribution in [-0.2, 0) is 10.9 Å². The number of morpholine rings is 1. The quantitative estimate of drug-likeness (QED) is 0.618. The van der Waals surface area contributed by atoms with Gasteiger partial charge < -0.3 is 15.0 Å². The van der Waals surface area contributed by atoms with Crippen LogP contribution in [0.5, 0.6) is 0 Å². The number of rotatable bonds is 5. The van der Waals surface area contributed by atoms with Gasteiger partial charge in [-0.3, -0.25) is 9.69 Å². The predicted molar refractivity (Wildman–Crippen MR) is 108 cm³/mol. The highest BCUT2D eigenvalue weighted by atomic mass is 35.5. The van der Waals surface area contributed by atoms with Gasteiger partial charge in [0.05, 0.1) is 29.8 Å². The SMILES string of the molecule is O=C(NC[C@H](c1cnc(C(F)(F)F)nc1)N1CCOCC1)c1ccc2[nH]ccc2c1Cl. The zero-order valence-electron chi connectivity index (χ0n) is 16.2. The van der Waals surface area contributed by atoms with Crippen molar-refractivity contribution in [2.45, 2.75) is 12.2 Å². The summed E-state index contributed by atoms with van der Waals surface area (Å²) < 4.78 is 43.8.